The lowest BCUT2D eigenvalue weighted by Gasteiger charge is -2.21. The van der Waals surface area contributed by atoms with Gasteiger partial charge in [0.25, 0.3) is 5.91 Å². The number of carbonyl (C=O) groups excluding carboxylic acids is 1. The van der Waals surface area contributed by atoms with Gasteiger partial charge in [0.15, 0.2) is 5.76 Å². The van der Waals surface area contributed by atoms with E-state index in [0.29, 0.717) is 24.6 Å². The summed E-state index contributed by atoms with van der Waals surface area (Å²) in [6.45, 7) is 9.10. The molecule has 0 aromatic carbocycles. The van der Waals surface area contributed by atoms with Gasteiger partial charge in [-0.05, 0) is 18.1 Å². The minimum Gasteiger partial charge on any atom is -0.459 e. The number of rotatable bonds is 6. The third-order valence-electron chi connectivity index (χ3n) is 4.20. The lowest BCUT2D eigenvalue weighted by molar-refractivity contribution is 0.0926. The van der Waals surface area contributed by atoms with E-state index < -0.39 is 0 Å². The van der Waals surface area contributed by atoms with E-state index in [1.54, 1.807) is 12.1 Å². The molecule has 0 fully saturated rings. The fourth-order valence-corrected chi connectivity index (χ4v) is 3.09. The van der Waals surface area contributed by atoms with Crippen LogP contribution in [-0.2, 0) is 19.4 Å². The Morgan fingerprint density at radius 2 is 2.21 bits per heavy atom. The van der Waals surface area contributed by atoms with Crippen molar-refractivity contribution in [2.75, 3.05) is 26.2 Å². The maximum absolute atomic E-state index is 11.9. The molecule has 130 valence electrons. The van der Waals surface area contributed by atoms with E-state index in [1.807, 2.05) is 0 Å². The number of carbonyl (C=O) groups is 1. The zero-order valence-electron chi connectivity index (χ0n) is 14.4. The van der Waals surface area contributed by atoms with Gasteiger partial charge in [-0.25, -0.2) is 0 Å². The highest BCUT2D eigenvalue weighted by molar-refractivity contribution is 5.91. The summed E-state index contributed by atoms with van der Waals surface area (Å²) in [6, 6.07) is 3.36. The van der Waals surface area contributed by atoms with Crippen molar-refractivity contribution < 1.29 is 9.21 Å². The van der Waals surface area contributed by atoms with Gasteiger partial charge in [-0.1, -0.05) is 13.8 Å². The first-order chi connectivity index (χ1) is 11.6. The van der Waals surface area contributed by atoms with Crippen molar-refractivity contribution in [2.24, 2.45) is 5.92 Å². The van der Waals surface area contributed by atoms with E-state index >= 15 is 0 Å². The highest BCUT2D eigenvalue weighted by Crippen LogP contribution is 2.11. The highest BCUT2D eigenvalue weighted by Gasteiger charge is 2.19. The summed E-state index contributed by atoms with van der Waals surface area (Å²) < 4.78 is 7.29. The van der Waals surface area contributed by atoms with Crippen LogP contribution in [0, 0.1) is 5.92 Å². The molecule has 24 heavy (non-hydrogen) atoms. The Bertz CT molecular complexity index is 663. The van der Waals surface area contributed by atoms with Gasteiger partial charge in [0.2, 0.25) is 0 Å². The molecule has 0 atom stereocenters. The highest BCUT2D eigenvalue weighted by atomic mass is 16.3. The molecule has 1 amide bonds. The number of furan rings is 1. The maximum atomic E-state index is 11.9. The van der Waals surface area contributed by atoms with Crippen molar-refractivity contribution in [3.05, 3.63) is 35.8 Å². The number of hydrogen-bond acceptors (Lipinski definition) is 5. The van der Waals surface area contributed by atoms with Crippen molar-refractivity contribution in [3.8, 4) is 0 Å². The smallest absolute Gasteiger partial charge is 0.286 e. The SMILES string of the molecule is CC(C)CN1CCc2nnc(CCNC(=O)c3ccco3)n2CC1. The van der Waals surface area contributed by atoms with Gasteiger partial charge in [0.05, 0.1) is 6.26 Å². The average Bonchev–Trinajstić information content (AvgIpc) is 3.16. The van der Waals surface area contributed by atoms with E-state index in [2.05, 4.69) is 38.8 Å². The molecule has 0 aliphatic carbocycles. The van der Waals surface area contributed by atoms with Gasteiger partial charge >= 0.3 is 0 Å². The average molecular weight is 331 g/mol. The molecule has 3 rings (SSSR count). The Labute approximate surface area is 142 Å². The molecular weight excluding hydrogens is 306 g/mol. The number of nitrogens with one attached hydrogen (secondary N) is 1. The molecule has 0 unspecified atom stereocenters. The fraction of sp³-hybridized carbons (Fsp3) is 0.588. The van der Waals surface area contributed by atoms with Crippen LogP contribution in [0.15, 0.2) is 22.8 Å². The molecule has 0 saturated heterocycles. The first-order valence-corrected chi connectivity index (χ1v) is 8.58. The van der Waals surface area contributed by atoms with Crippen molar-refractivity contribution in [3.63, 3.8) is 0 Å². The zero-order chi connectivity index (χ0) is 16.9. The zero-order valence-corrected chi connectivity index (χ0v) is 14.4. The van der Waals surface area contributed by atoms with Gasteiger partial charge in [0, 0.05) is 45.6 Å². The first-order valence-electron chi connectivity index (χ1n) is 8.58. The standard InChI is InChI=1S/C17H25N5O2/c1-13(2)12-21-8-6-16-20-19-15(22(16)10-9-21)5-7-18-17(23)14-4-3-11-24-14/h3-4,11,13H,5-10,12H2,1-2H3,(H,18,23). The van der Waals surface area contributed by atoms with Gasteiger partial charge in [-0.3, -0.25) is 4.79 Å². The van der Waals surface area contributed by atoms with Crippen molar-refractivity contribution in [1.82, 2.24) is 25.0 Å². The molecule has 1 aliphatic rings. The Morgan fingerprint density at radius 3 is 2.96 bits per heavy atom. The topological polar surface area (TPSA) is 76.2 Å². The molecule has 7 heteroatoms. The maximum Gasteiger partial charge on any atom is 0.286 e. The molecule has 1 aliphatic heterocycles. The number of aromatic nitrogens is 3. The summed E-state index contributed by atoms with van der Waals surface area (Å²) in [7, 11) is 0. The lowest BCUT2D eigenvalue weighted by atomic mass is 10.2. The molecule has 0 bridgehead atoms. The Hall–Kier alpha value is -2.15. The second kappa shape index (κ2) is 7.61. The summed E-state index contributed by atoms with van der Waals surface area (Å²) >= 11 is 0. The van der Waals surface area contributed by atoms with Crippen LogP contribution in [0.4, 0.5) is 0 Å². The van der Waals surface area contributed by atoms with Crippen molar-refractivity contribution in [1.29, 1.82) is 0 Å². The predicted octanol–water partition coefficient (Wildman–Crippen LogP) is 1.36. The van der Waals surface area contributed by atoms with Crippen molar-refractivity contribution in [2.45, 2.75) is 33.2 Å². The second-order valence-corrected chi connectivity index (χ2v) is 6.61. The normalized spacial score (nSPS) is 15.3. The summed E-state index contributed by atoms with van der Waals surface area (Å²) in [5.41, 5.74) is 0. The van der Waals surface area contributed by atoms with Crippen LogP contribution in [-0.4, -0.2) is 51.8 Å². The summed E-state index contributed by atoms with van der Waals surface area (Å²) in [4.78, 5) is 14.4. The number of fused-ring (bicyclic) bond motifs is 1. The number of nitrogens with zero attached hydrogens (tertiary/aromatic N) is 4. The molecule has 3 heterocycles. The van der Waals surface area contributed by atoms with E-state index in [-0.39, 0.29) is 5.91 Å². The fourth-order valence-electron chi connectivity index (χ4n) is 3.09. The number of amides is 1. The minimum absolute atomic E-state index is 0.196. The lowest BCUT2D eigenvalue weighted by Crippen LogP contribution is -2.31. The summed E-state index contributed by atoms with van der Waals surface area (Å²) in [6.07, 6.45) is 3.10. The van der Waals surface area contributed by atoms with Crippen LogP contribution in [0.3, 0.4) is 0 Å². The Morgan fingerprint density at radius 1 is 1.33 bits per heavy atom. The van der Waals surface area contributed by atoms with Crippen LogP contribution in [0.1, 0.15) is 36.1 Å². The van der Waals surface area contributed by atoms with E-state index in [9.17, 15) is 4.79 Å². The van der Waals surface area contributed by atoms with Crippen LogP contribution in [0.2, 0.25) is 0 Å². The van der Waals surface area contributed by atoms with E-state index in [1.165, 1.54) is 6.26 Å². The largest absolute Gasteiger partial charge is 0.459 e. The van der Waals surface area contributed by atoms with E-state index in [4.69, 9.17) is 4.42 Å². The van der Waals surface area contributed by atoms with Crippen LogP contribution < -0.4 is 5.32 Å². The molecular formula is C17H25N5O2. The van der Waals surface area contributed by atoms with E-state index in [0.717, 1.165) is 44.2 Å². The molecule has 2 aromatic heterocycles. The number of hydrogen-bond donors (Lipinski definition) is 1. The Balaban J connectivity index is 1.54. The molecule has 1 N–H and O–H groups in total. The third-order valence-corrected chi connectivity index (χ3v) is 4.20. The molecule has 0 spiro atoms. The van der Waals surface area contributed by atoms with Gasteiger partial charge < -0.3 is 19.2 Å². The quantitative estimate of drug-likeness (QED) is 0.865. The minimum atomic E-state index is -0.196. The third kappa shape index (κ3) is 4.03. The summed E-state index contributed by atoms with van der Waals surface area (Å²) in [5, 5.41) is 11.5. The van der Waals surface area contributed by atoms with Crippen LogP contribution >= 0.6 is 0 Å². The molecule has 0 radical (unpaired) electrons. The predicted molar refractivity (Wildman–Crippen MR) is 89.7 cm³/mol. The first kappa shape index (κ1) is 16.7. The van der Waals surface area contributed by atoms with Crippen molar-refractivity contribution >= 4 is 5.91 Å². The molecule has 0 saturated carbocycles. The monoisotopic (exact) mass is 331 g/mol. The van der Waals surface area contributed by atoms with Crippen LogP contribution in [0.25, 0.3) is 0 Å². The van der Waals surface area contributed by atoms with Gasteiger partial charge in [-0.15, -0.1) is 10.2 Å². The van der Waals surface area contributed by atoms with Gasteiger partial charge in [-0.2, -0.15) is 0 Å². The summed E-state index contributed by atoms with van der Waals surface area (Å²) in [5.74, 6) is 2.80. The van der Waals surface area contributed by atoms with Crippen LogP contribution in [0.5, 0.6) is 0 Å². The second-order valence-electron chi connectivity index (χ2n) is 6.61. The molecule has 2 aromatic rings. The van der Waals surface area contributed by atoms with Gasteiger partial charge in [0.1, 0.15) is 11.6 Å². The molecule has 7 nitrogen and oxygen atoms in total. The Kier molecular flexibility index (Phi) is 5.30.